The van der Waals surface area contributed by atoms with Crippen LogP contribution in [-0.4, -0.2) is 4.92 Å². The minimum Gasteiger partial charge on any atom is -0.324 e. The third-order valence-electron chi connectivity index (χ3n) is 2.13. The van der Waals surface area contributed by atoms with Gasteiger partial charge in [-0.1, -0.05) is 31.5 Å². The lowest BCUT2D eigenvalue weighted by molar-refractivity contribution is -0.385. The molecule has 76 valence electrons. The highest BCUT2D eigenvalue weighted by molar-refractivity contribution is 5.41. The molecule has 14 heavy (non-hydrogen) atoms. The number of nitrogens with two attached hydrogens (primary N) is 1. The maximum absolute atomic E-state index is 10.7. The van der Waals surface area contributed by atoms with Crippen LogP contribution in [-0.2, 0) is 0 Å². The smallest absolute Gasteiger partial charge is 0.274 e. The van der Waals surface area contributed by atoms with Gasteiger partial charge in [0.25, 0.3) is 5.69 Å². The van der Waals surface area contributed by atoms with Gasteiger partial charge in [-0.25, -0.2) is 0 Å². The maximum atomic E-state index is 10.7. The fourth-order valence-corrected chi connectivity index (χ4v) is 1.43. The van der Waals surface area contributed by atoms with Crippen LogP contribution in [0, 0.1) is 10.1 Å². The average molecular weight is 194 g/mol. The molecular formula is C10H14N2O2. The quantitative estimate of drug-likeness (QED) is 0.591. The van der Waals surface area contributed by atoms with Gasteiger partial charge in [0.15, 0.2) is 0 Å². The summed E-state index contributed by atoms with van der Waals surface area (Å²) < 4.78 is 0. The number of nitro benzene ring substituents is 1. The van der Waals surface area contributed by atoms with Gasteiger partial charge in [0.1, 0.15) is 0 Å². The molecule has 0 aliphatic rings. The molecular weight excluding hydrogens is 180 g/mol. The maximum Gasteiger partial charge on any atom is 0.274 e. The first kappa shape index (κ1) is 10.7. The molecule has 0 aliphatic heterocycles. The molecule has 1 aromatic carbocycles. The van der Waals surface area contributed by atoms with Gasteiger partial charge < -0.3 is 5.73 Å². The zero-order valence-corrected chi connectivity index (χ0v) is 8.14. The molecule has 0 heterocycles. The number of rotatable bonds is 4. The highest BCUT2D eigenvalue weighted by Gasteiger charge is 2.17. The van der Waals surface area contributed by atoms with Crippen LogP contribution >= 0.6 is 0 Å². The van der Waals surface area contributed by atoms with E-state index in [4.69, 9.17) is 5.73 Å². The Hall–Kier alpha value is -1.42. The summed E-state index contributed by atoms with van der Waals surface area (Å²) in [7, 11) is 0. The molecule has 0 unspecified atom stereocenters. The summed E-state index contributed by atoms with van der Waals surface area (Å²) in [5.41, 5.74) is 6.58. The topological polar surface area (TPSA) is 69.2 Å². The van der Waals surface area contributed by atoms with E-state index in [1.807, 2.05) is 6.92 Å². The third-order valence-corrected chi connectivity index (χ3v) is 2.13. The first-order valence-electron chi connectivity index (χ1n) is 4.65. The summed E-state index contributed by atoms with van der Waals surface area (Å²) in [5.74, 6) is 0. The normalized spacial score (nSPS) is 12.4. The van der Waals surface area contributed by atoms with Crippen LogP contribution in [0.3, 0.4) is 0 Å². The molecule has 0 saturated heterocycles. The minimum absolute atomic E-state index is 0.119. The number of para-hydroxylation sites is 1. The van der Waals surface area contributed by atoms with Gasteiger partial charge in [-0.05, 0) is 6.42 Å². The van der Waals surface area contributed by atoms with Crippen LogP contribution < -0.4 is 5.73 Å². The molecule has 0 saturated carbocycles. The molecule has 0 radical (unpaired) electrons. The highest BCUT2D eigenvalue weighted by Crippen LogP contribution is 2.25. The van der Waals surface area contributed by atoms with E-state index in [2.05, 4.69) is 0 Å². The Labute approximate surface area is 82.9 Å². The van der Waals surface area contributed by atoms with E-state index < -0.39 is 0 Å². The molecule has 4 nitrogen and oxygen atoms in total. The second-order valence-electron chi connectivity index (χ2n) is 3.21. The Bertz CT molecular complexity index is 326. The lowest BCUT2D eigenvalue weighted by Crippen LogP contribution is -2.11. The van der Waals surface area contributed by atoms with E-state index in [0.29, 0.717) is 5.56 Å². The van der Waals surface area contributed by atoms with Gasteiger partial charge >= 0.3 is 0 Å². The van der Waals surface area contributed by atoms with Gasteiger partial charge in [0, 0.05) is 17.7 Å². The van der Waals surface area contributed by atoms with Gasteiger partial charge in [-0.3, -0.25) is 10.1 Å². The SMILES string of the molecule is CCC[C@@H](N)c1ccccc1[N+](=O)[O-]. The van der Waals surface area contributed by atoms with E-state index in [1.165, 1.54) is 6.07 Å². The van der Waals surface area contributed by atoms with Crippen LogP contribution in [0.25, 0.3) is 0 Å². The van der Waals surface area contributed by atoms with Crippen molar-refractivity contribution in [1.29, 1.82) is 0 Å². The van der Waals surface area contributed by atoms with Crippen molar-refractivity contribution < 1.29 is 4.92 Å². The third kappa shape index (κ3) is 2.29. The Morgan fingerprint density at radius 2 is 2.14 bits per heavy atom. The minimum atomic E-state index is -0.384. The largest absolute Gasteiger partial charge is 0.324 e. The lowest BCUT2D eigenvalue weighted by atomic mass is 10.0. The van der Waals surface area contributed by atoms with Gasteiger partial charge in [-0.15, -0.1) is 0 Å². The van der Waals surface area contributed by atoms with E-state index in [9.17, 15) is 10.1 Å². The van der Waals surface area contributed by atoms with Crippen molar-refractivity contribution >= 4 is 5.69 Å². The molecule has 0 amide bonds. The number of nitrogens with zero attached hydrogens (tertiary/aromatic N) is 1. The molecule has 2 N–H and O–H groups in total. The monoisotopic (exact) mass is 194 g/mol. The fourth-order valence-electron chi connectivity index (χ4n) is 1.43. The zero-order valence-electron chi connectivity index (χ0n) is 8.14. The zero-order chi connectivity index (χ0) is 10.6. The molecule has 0 spiro atoms. The summed E-state index contributed by atoms with van der Waals surface area (Å²) in [6, 6.07) is 6.41. The van der Waals surface area contributed by atoms with E-state index in [0.717, 1.165) is 12.8 Å². The summed E-state index contributed by atoms with van der Waals surface area (Å²) in [5, 5.41) is 10.7. The number of hydrogen-bond acceptors (Lipinski definition) is 3. The van der Waals surface area contributed by atoms with Crippen molar-refractivity contribution in [2.24, 2.45) is 5.73 Å². The Balaban J connectivity index is 3.00. The Kier molecular flexibility index (Phi) is 3.59. The summed E-state index contributed by atoms with van der Waals surface area (Å²) >= 11 is 0. The first-order valence-corrected chi connectivity index (χ1v) is 4.65. The van der Waals surface area contributed by atoms with E-state index in [-0.39, 0.29) is 16.7 Å². The van der Waals surface area contributed by atoms with Gasteiger partial charge in [0.2, 0.25) is 0 Å². The molecule has 0 aliphatic carbocycles. The van der Waals surface area contributed by atoms with Crippen molar-refractivity contribution in [3.8, 4) is 0 Å². The predicted octanol–water partition coefficient (Wildman–Crippen LogP) is 2.39. The average Bonchev–Trinajstić information content (AvgIpc) is 2.18. The molecule has 0 fully saturated rings. The fraction of sp³-hybridized carbons (Fsp3) is 0.400. The van der Waals surface area contributed by atoms with Crippen molar-refractivity contribution in [3.63, 3.8) is 0 Å². The van der Waals surface area contributed by atoms with Crippen molar-refractivity contribution in [3.05, 3.63) is 39.9 Å². The summed E-state index contributed by atoms with van der Waals surface area (Å²) in [6.07, 6.45) is 1.69. The van der Waals surface area contributed by atoms with E-state index in [1.54, 1.807) is 18.2 Å². The predicted molar refractivity (Wildman–Crippen MR) is 54.9 cm³/mol. The van der Waals surface area contributed by atoms with Crippen molar-refractivity contribution in [2.45, 2.75) is 25.8 Å². The second kappa shape index (κ2) is 4.72. The number of benzene rings is 1. The number of hydrogen-bond donors (Lipinski definition) is 1. The molecule has 4 heteroatoms. The van der Waals surface area contributed by atoms with Crippen LogP contribution in [0.2, 0.25) is 0 Å². The van der Waals surface area contributed by atoms with Crippen molar-refractivity contribution in [2.75, 3.05) is 0 Å². The van der Waals surface area contributed by atoms with Crippen molar-refractivity contribution in [1.82, 2.24) is 0 Å². The van der Waals surface area contributed by atoms with Crippen LogP contribution in [0.4, 0.5) is 5.69 Å². The van der Waals surface area contributed by atoms with Gasteiger partial charge in [-0.2, -0.15) is 0 Å². The van der Waals surface area contributed by atoms with E-state index >= 15 is 0 Å². The van der Waals surface area contributed by atoms with Crippen LogP contribution in [0.5, 0.6) is 0 Å². The molecule has 1 atom stereocenters. The molecule has 1 rings (SSSR count). The summed E-state index contributed by atoms with van der Waals surface area (Å²) in [4.78, 5) is 10.3. The highest BCUT2D eigenvalue weighted by atomic mass is 16.6. The molecule has 0 bridgehead atoms. The lowest BCUT2D eigenvalue weighted by Gasteiger charge is -2.10. The summed E-state index contributed by atoms with van der Waals surface area (Å²) in [6.45, 7) is 2.01. The molecule has 0 aromatic heterocycles. The van der Waals surface area contributed by atoms with Gasteiger partial charge in [0.05, 0.1) is 4.92 Å². The Morgan fingerprint density at radius 1 is 1.50 bits per heavy atom. The standard InChI is InChI=1S/C10H14N2O2/c1-2-5-9(11)8-6-3-4-7-10(8)12(13)14/h3-4,6-7,9H,2,5,11H2,1H3/t9-/m1/s1. The molecule has 1 aromatic rings. The van der Waals surface area contributed by atoms with Crippen LogP contribution in [0.15, 0.2) is 24.3 Å². The first-order chi connectivity index (χ1) is 6.66. The van der Waals surface area contributed by atoms with Crippen LogP contribution in [0.1, 0.15) is 31.4 Å². The second-order valence-corrected chi connectivity index (χ2v) is 3.21. The number of nitro groups is 1. The Morgan fingerprint density at radius 3 is 2.71 bits per heavy atom.